The molecule has 1 aromatic rings. The van der Waals surface area contributed by atoms with Gasteiger partial charge in [0.1, 0.15) is 0 Å². The van der Waals surface area contributed by atoms with Crippen molar-refractivity contribution in [2.75, 3.05) is 0 Å². The van der Waals surface area contributed by atoms with Crippen molar-refractivity contribution in [3.05, 3.63) is 24.4 Å². The van der Waals surface area contributed by atoms with Crippen LogP contribution in [-0.2, 0) is 0 Å². The molecule has 1 aliphatic rings. The molecule has 1 fully saturated rings. The molecule has 0 N–H and O–H groups in total. The SMILES string of the molecule is CC1CCC(C#N)C(Sc2ccccn2)C1. The molecule has 16 heavy (non-hydrogen) atoms. The largest absolute Gasteiger partial charge is 0.250 e. The zero-order valence-corrected chi connectivity index (χ0v) is 10.3. The molecule has 84 valence electrons. The molecular weight excluding hydrogens is 216 g/mol. The average molecular weight is 232 g/mol. The van der Waals surface area contributed by atoms with Gasteiger partial charge < -0.3 is 0 Å². The van der Waals surface area contributed by atoms with Gasteiger partial charge in [0, 0.05) is 11.4 Å². The van der Waals surface area contributed by atoms with Gasteiger partial charge >= 0.3 is 0 Å². The molecule has 0 saturated heterocycles. The predicted molar refractivity (Wildman–Crippen MR) is 66.0 cm³/mol. The average Bonchev–Trinajstić information content (AvgIpc) is 2.31. The van der Waals surface area contributed by atoms with Gasteiger partial charge in [-0.25, -0.2) is 4.98 Å². The molecule has 3 atom stereocenters. The monoisotopic (exact) mass is 232 g/mol. The molecule has 0 radical (unpaired) electrons. The molecule has 1 heterocycles. The Morgan fingerprint density at radius 1 is 1.44 bits per heavy atom. The minimum atomic E-state index is 0.197. The number of hydrogen-bond acceptors (Lipinski definition) is 3. The van der Waals surface area contributed by atoms with Crippen LogP contribution in [0.2, 0.25) is 0 Å². The van der Waals surface area contributed by atoms with E-state index in [9.17, 15) is 0 Å². The van der Waals surface area contributed by atoms with Gasteiger partial charge in [0.05, 0.1) is 17.0 Å². The zero-order valence-electron chi connectivity index (χ0n) is 9.47. The van der Waals surface area contributed by atoms with E-state index in [1.807, 2.05) is 24.4 Å². The molecule has 0 aliphatic heterocycles. The normalized spacial score (nSPS) is 29.6. The smallest absolute Gasteiger partial charge is 0.0962 e. The van der Waals surface area contributed by atoms with Crippen LogP contribution in [0.4, 0.5) is 0 Å². The van der Waals surface area contributed by atoms with Gasteiger partial charge in [-0.15, -0.1) is 11.8 Å². The Morgan fingerprint density at radius 2 is 2.31 bits per heavy atom. The summed E-state index contributed by atoms with van der Waals surface area (Å²) in [4.78, 5) is 4.32. The van der Waals surface area contributed by atoms with E-state index < -0.39 is 0 Å². The maximum atomic E-state index is 9.14. The minimum Gasteiger partial charge on any atom is -0.250 e. The van der Waals surface area contributed by atoms with Crippen molar-refractivity contribution in [3.8, 4) is 6.07 Å². The molecule has 2 rings (SSSR count). The van der Waals surface area contributed by atoms with Gasteiger partial charge in [-0.1, -0.05) is 13.0 Å². The third-order valence-corrected chi connectivity index (χ3v) is 4.44. The second-order valence-corrected chi connectivity index (χ2v) is 5.74. The molecule has 2 nitrogen and oxygen atoms in total. The van der Waals surface area contributed by atoms with Crippen molar-refractivity contribution >= 4 is 11.8 Å². The Kier molecular flexibility index (Phi) is 3.84. The summed E-state index contributed by atoms with van der Waals surface area (Å²) in [7, 11) is 0. The van der Waals surface area contributed by atoms with Crippen LogP contribution >= 0.6 is 11.8 Å². The van der Waals surface area contributed by atoms with Crippen molar-refractivity contribution in [1.82, 2.24) is 4.98 Å². The lowest BCUT2D eigenvalue weighted by molar-refractivity contribution is 0.345. The first kappa shape index (κ1) is 11.5. The van der Waals surface area contributed by atoms with E-state index in [4.69, 9.17) is 5.26 Å². The fourth-order valence-corrected chi connectivity index (χ4v) is 3.55. The Balaban J connectivity index is 2.04. The Morgan fingerprint density at radius 3 is 3.00 bits per heavy atom. The summed E-state index contributed by atoms with van der Waals surface area (Å²) in [6.07, 6.45) is 5.19. The number of pyridine rings is 1. The van der Waals surface area contributed by atoms with Gasteiger partial charge in [-0.05, 0) is 37.3 Å². The highest BCUT2D eigenvalue weighted by Gasteiger charge is 2.29. The standard InChI is InChI=1S/C13H16N2S/c1-10-5-6-11(9-14)12(8-10)16-13-4-2-3-7-15-13/h2-4,7,10-12H,5-6,8H2,1H3. The quantitative estimate of drug-likeness (QED) is 0.783. The third kappa shape index (κ3) is 2.76. The van der Waals surface area contributed by atoms with Crippen LogP contribution in [0.25, 0.3) is 0 Å². The summed E-state index contributed by atoms with van der Waals surface area (Å²) >= 11 is 1.77. The van der Waals surface area contributed by atoms with Crippen LogP contribution in [0.15, 0.2) is 29.4 Å². The highest BCUT2D eigenvalue weighted by molar-refractivity contribution is 7.99. The van der Waals surface area contributed by atoms with E-state index >= 15 is 0 Å². The van der Waals surface area contributed by atoms with Gasteiger partial charge in [-0.3, -0.25) is 0 Å². The van der Waals surface area contributed by atoms with Crippen molar-refractivity contribution in [2.45, 2.75) is 36.5 Å². The van der Waals surface area contributed by atoms with Crippen LogP contribution < -0.4 is 0 Å². The van der Waals surface area contributed by atoms with E-state index in [-0.39, 0.29) is 5.92 Å². The van der Waals surface area contributed by atoms with Crippen LogP contribution in [-0.4, -0.2) is 10.2 Å². The fourth-order valence-electron chi connectivity index (χ4n) is 2.18. The van der Waals surface area contributed by atoms with Crippen molar-refractivity contribution in [1.29, 1.82) is 5.26 Å². The second kappa shape index (κ2) is 5.36. The number of hydrogen-bond donors (Lipinski definition) is 0. The molecule has 1 saturated carbocycles. The number of nitriles is 1. The van der Waals surface area contributed by atoms with Crippen LogP contribution in [0, 0.1) is 23.2 Å². The van der Waals surface area contributed by atoms with E-state index in [2.05, 4.69) is 18.0 Å². The molecule has 0 amide bonds. The Labute approximate surface area is 101 Å². The zero-order chi connectivity index (χ0) is 11.4. The van der Waals surface area contributed by atoms with Gasteiger partial charge in [0.15, 0.2) is 0 Å². The molecular formula is C13H16N2S. The molecule has 3 unspecified atom stereocenters. The molecule has 0 spiro atoms. The lowest BCUT2D eigenvalue weighted by Gasteiger charge is -2.30. The van der Waals surface area contributed by atoms with Crippen molar-refractivity contribution in [3.63, 3.8) is 0 Å². The number of nitrogens with zero attached hydrogens (tertiary/aromatic N) is 2. The van der Waals surface area contributed by atoms with E-state index in [1.165, 1.54) is 6.42 Å². The van der Waals surface area contributed by atoms with Crippen molar-refractivity contribution < 1.29 is 0 Å². The molecule has 1 aromatic heterocycles. The summed E-state index contributed by atoms with van der Waals surface area (Å²) in [5.41, 5.74) is 0. The molecule has 0 bridgehead atoms. The fraction of sp³-hybridized carbons (Fsp3) is 0.538. The predicted octanol–water partition coefficient (Wildman–Crippen LogP) is 3.50. The molecule has 0 aromatic carbocycles. The van der Waals surface area contributed by atoms with Crippen LogP contribution in [0.1, 0.15) is 26.2 Å². The highest BCUT2D eigenvalue weighted by atomic mass is 32.2. The van der Waals surface area contributed by atoms with E-state index in [0.29, 0.717) is 5.25 Å². The Hall–Kier alpha value is -1.01. The first-order valence-electron chi connectivity index (χ1n) is 5.77. The summed E-state index contributed by atoms with van der Waals surface area (Å²) < 4.78 is 0. The summed E-state index contributed by atoms with van der Waals surface area (Å²) in [6.45, 7) is 2.28. The van der Waals surface area contributed by atoms with Crippen LogP contribution in [0.5, 0.6) is 0 Å². The third-order valence-electron chi connectivity index (χ3n) is 3.13. The lowest BCUT2D eigenvalue weighted by atomic mass is 9.83. The topological polar surface area (TPSA) is 36.7 Å². The first-order chi connectivity index (χ1) is 7.79. The summed E-state index contributed by atoms with van der Waals surface area (Å²) in [5.74, 6) is 0.939. The second-order valence-electron chi connectivity index (χ2n) is 4.48. The summed E-state index contributed by atoms with van der Waals surface area (Å²) in [5, 5.41) is 10.6. The number of thioether (sulfide) groups is 1. The van der Waals surface area contributed by atoms with Crippen molar-refractivity contribution in [2.24, 2.45) is 11.8 Å². The minimum absolute atomic E-state index is 0.197. The Bertz CT molecular complexity index is 371. The first-order valence-corrected chi connectivity index (χ1v) is 6.65. The number of rotatable bonds is 2. The van der Waals surface area contributed by atoms with Gasteiger partial charge in [0.2, 0.25) is 0 Å². The highest BCUT2D eigenvalue weighted by Crippen LogP contribution is 2.38. The lowest BCUT2D eigenvalue weighted by Crippen LogP contribution is -2.25. The van der Waals surface area contributed by atoms with Crippen LogP contribution in [0.3, 0.4) is 0 Å². The molecule has 1 aliphatic carbocycles. The summed E-state index contributed by atoms with van der Waals surface area (Å²) in [6, 6.07) is 8.40. The van der Waals surface area contributed by atoms with Gasteiger partial charge in [-0.2, -0.15) is 5.26 Å². The maximum absolute atomic E-state index is 9.14. The maximum Gasteiger partial charge on any atom is 0.0962 e. The molecule has 3 heteroatoms. The van der Waals surface area contributed by atoms with Gasteiger partial charge in [0.25, 0.3) is 0 Å². The van der Waals surface area contributed by atoms with E-state index in [1.54, 1.807) is 11.8 Å². The van der Waals surface area contributed by atoms with E-state index in [0.717, 1.165) is 23.8 Å². The number of aromatic nitrogens is 1.